The van der Waals surface area contributed by atoms with E-state index in [1.807, 2.05) is 6.92 Å². The van der Waals surface area contributed by atoms with Crippen LogP contribution in [-0.2, 0) is 34.6 Å². The molecule has 0 atom stereocenters. The van der Waals surface area contributed by atoms with Crippen LogP contribution in [0.5, 0.6) is 0 Å². The first-order chi connectivity index (χ1) is 14.9. The highest BCUT2D eigenvalue weighted by Gasteiger charge is 2.19. The quantitative estimate of drug-likeness (QED) is 0.490. The number of benzene rings is 1. The van der Waals surface area contributed by atoms with Crippen LogP contribution in [-0.4, -0.2) is 36.8 Å². The van der Waals surface area contributed by atoms with Crippen LogP contribution in [0.25, 0.3) is 0 Å². The lowest BCUT2D eigenvalue weighted by atomic mass is 9.94. The standard InChI is InChI=1S/C24H36N4O3/c1-5-25-23(28-16-22-26-15-21(31-22)24(2,3)4)27-14-18-7-6-8-19(13-18)17-30-20-9-11-29-12-10-20/h6-8,13,15,20H,5,9-12,14,16-17H2,1-4H3,(H2,25,27,28). The molecule has 1 aromatic carbocycles. The zero-order valence-electron chi connectivity index (χ0n) is 19.2. The number of oxazole rings is 1. The van der Waals surface area contributed by atoms with Gasteiger partial charge in [-0.05, 0) is 30.9 Å². The number of nitrogens with one attached hydrogen (secondary N) is 2. The summed E-state index contributed by atoms with van der Waals surface area (Å²) in [5, 5.41) is 6.58. The lowest BCUT2D eigenvalue weighted by Crippen LogP contribution is -2.36. The van der Waals surface area contributed by atoms with Gasteiger partial charge < -0.3 is 24.5 Å². The third kappa shape index (κ3) is 7.67. The van der Waals surface area contributed by atoms with Crippen LogP contribution in [0.4, 0.5) is 0 Å². The molecular weight excluding hydrogens is 392 g/mol. The van der Waals surface area contributed by atoms with Crippen LogP contribution in [0.15, 0.2) is 39.9 Å². The number of nitrogens with zero attached hydrogens (tertiary/aromatic N) is 2. The smallest absolute Gasteiger partial charge is 0.213 e. The van der Waals surface area contributed by atoms with Gasteiger partial charge in [-0.25, -0.2) is 9.98 Å². The van der Waals surface area contributed by atoms with Crippen LogP contribution >= 0.6 is 0 Å². The summed E-state index contributed by atoms with van der Waals surface area (Å²) in [6, 6.07) is 8.42. The Morgan fingerprint density at radius 1 is 1.19 bits per heavy atom. The fraction of sp³-hybridized carbons (Fsp3) is 0.583. The van der Waals surface area contributed by atoms with E-state index in [0.29, 0.717) is 31.7 Å². The van der Waals surface area contributed by atoms with Crippen LogP contribution in [0.3, 0.4) is 0 Å². The molecule has 0 bridgehead atoms. The monoisotopic (exact) mass is 428 g/mol. The topological polar surface area (TPSA) is 80.9 Å². The molecular formula is C24H36N4O3. The number of ether oxygens (including phenoxy) is 2. The van der Waals surface area contributed by atoms with Crippen molar-refractivity contribution in [1.29, 1.82) is 0 Å². The molecule has 170 valence electrons. The summed E-state index contributed by atoms with van der Waals surface area (Å²) < 4.78 is 17.3. The average Bonchev–Trinajstić information content (AvgIpc) is 3.25. The molecule has 0 aliphatic carbocycles. The van der Waals surface area contributed by atoms with Crippen molar-refractivity contribution < 1.29 is 13.9 Å². The molecule has 2 N–H and O–H groups in total. The van der Waals surface area contributed by atoms with E-state index in [9.17, 15) is 0 Å². The summed E-state index contributed by atoms with van der Waals surface area (Å²) >= 11 is 0. The number of aromatic nitrogens is 1. The normalized spacial score (nSPS) is 15.8. The molecule has 7 nitrogen and oxygen atoms in total. The van der Waals surface area contributed by atoms with E-state index in [-0.39, 0.29) is 5.41 Å². The number of aliphatic imine (C=N–C) groups is 1. The Morgan fingerprint density at radius 3 is 2.68 bits per heavy atom. The molecule has 0 spiro atoms. The summed E-state index contributed by atoms with van der Waals surface area (Å²) in [7, 11) is 0. The molecule has 1 saturated heterocycles. The lowest BCUT2D eigenvalue weighted by molar-refractivity contribution is -0.0390. The van der Waals surface area contributed by atoms with Crippen molar-refractivity contribution in [3.63, 3.8) is 0 Å². The fourth-order valence-electron chi connectivity index (χ4n) is 3.28. The third-order valence-electron chi connectivity index (χ3n) is 5.11. The lowest BCUT2D eigenvalue weighted by Gasteiger charge is -2.22. The van der Waals surface area contributed by atoms with Crippen molar-refractivity contribution in [2.75, 3.05) is 19.8 Å². The molecule has 0 amide bonds. The molecule has 2 heterocycles. The summed E-state index contributed by atoms with van der Waals surface area (Å²) in [6.45, 7) is 12.4. The van der Waals surface area contributed by atoms with Gasteiger partial charge in [-0.15, -0.1) is 0 Å². The van der Waals surface area contributed by atoms with E-state index in [1.54, 1.807) is 6.20 Å². The van der Waals surface area contributed by atoms with Crippen molar-refractivity contribution in [2.45, 2.75) is 71.8 Å². The zero-order valence-corrected chi connectivity index (χ0v) is 19.2. The Bertz CT molecular complexity index is 835. The molecule has 1 aliphatic rings. The van der Waals surface area contributed by atoms with Crippen LogP contribution in [0.1, 0.15) is 63.3 Å². The van der Waals surface area contributed by atoms with Crippen molar-refractivity contribution in [3.8, 4) is 0 Å². The van der Waals surface area contributed by atoms with Crippen molar-refractivity contribution in [3.05, 3.63) is 53.2 Å². The molecule has 3 rings (SSSR count). The number of rotatable bonds is 8. The number of guanidine groups is 1. The molecule has 1 aromatic heterocycles. The predicted octanol–water partition coefficient (Wildman–Crippen LogP) is 3.92. The maximum atomic E-state index is 6.04. The van der Waals surface area contributed by atoms with Gasteiger partial charge in [0.05, 0.1) is 32.0 Å². The highest BCUT2D eigenvalue weighted by molar-refractivity contribution is 5.79. The zero-order chi connectivity index (χ0) is 22.1. The van der Waals surface area contributed by atoms with E-state index in [0.717, 1.165) is 49.9 Å². The van der Waals surface area contributed by atoms with E-state index in [2.05, 4.69) is 60.7 Å². The molecule has 0 saturated carbocycles. The maximum Gasteiger partial charge on any atom is 0.213 e. The minimum absolute atomic E-state index is 0.0523. The van der Waals surface area contributed by atoms with Gasteiger partial charge in [-0.3, -0.25) is 0 Å². The largest absolute Gasteiger partial charge is 0.443 e. The van der Waals surface area contributed by atoms with Crippen molar-refractivity contribution in [2.24, 2.45) is 4.99 Å². The number of hydrogen-bond acceptors (Lipinski definition) is 5. The molecule has 0 unspecified atom stereocenters. The van der Waals surface area contributed by atoms with Gasteiger partial charge in [0, 0.05) is 25.2 Å². The second kappa shape index (κ2) is 11.3. The van der Waals surface area contributed by atoms with Gasteiger partial charge in [-0.2, -0.15) is 0 Å². The highest BCUT2D eigenvalue weighted by Crippen LogP contribution is 2.22. The van der Waals surface area contributed by atoms with Crippen molar-refractivity contribution >= 4 is 5.96 Å². The van der Waals surface area contributed by atoms with Crippen LogP contribution in [0, 0.1) is 0 Å². The van der Waals surface area contributed by atoms with Crippen LogP contribution < -0.4 is 10.6 Å². The first-order valence-electron chi connectivity index (χ1n) is 11.2. The third-order valence-corrected chi connectivity index (χ3v) is 5.11. The molecule has 2 aromatic rings. The molecule has 31 heavy (non-hydrogen) atoms. The highest BCUT2D eigenvalue weighted by atomic mass is 16.5. The second-order valence-electron chi connectivity index (χ2n) is 8.86. The summed E-state index contributed by atoms with van der Waals surface area (Å²) in [4.78, 5) is 9.08. The minimum atomic E-state index is -0.0523. The Hall–Kier alpha value is -2.38. The minimum Gasteiger partial charge on any atom is -0.443 e. The van der Waals surface area contributed by atoms with E-state index >= 15 is 0 Å². The van der Waals surface area contributed by atoms with Gasteiger partial charge in [-0.1, -0.05) is 45.0 Å². The average molecular weight is 429 g/mol. The summed E-state index contributed by atoms with van der Waals surface area (Å²) in [6.07, 6.45) is 4.05. The van der Waals surface area contributed by atoms with Gasteiger partial charge in [0.1, 0.15) is 5.76 Å². The molecule has 0 radical (unpaired) electrons. The van der Waals surface area contributed by atoms with E-state index in [4.69, 9.17) is 18.9 Å². The SMILES string of the molecule is CCNC(=NCc1cccc(COC2CCOCC2)c1)NCc1ncc(C(C)(C)C)o1. The second-order valence-corrected chi connectivity index (χ2v) is 8.86. The van der Waals surface area contributed by atoms with Gasteiger partial charge in [0.2, 0.25) is 5.89 Å². The Kier molecular flexibility index (Phi) is 8.49. The first-order valence-corrected chi connectivity index (χ1v) is 11.2. The predicted molar refractivity (Wildman–Crippen MR) is 122 cm³/mol. The summed E-state index contributed by atoms with van der Waals surface area (Å²) in [5.41, 5.74) is 2.27. The first kappa shape index (κ1) is 23.3. The number of hydrogen-bond donors (Lipinski definition) is 2. The van der Waals surface area contributed by atoms with Crippen molar-refractivity contribution in [1.82, 2.24) is 15.6 Å². The fourth-order valence-corrected chi connectivity index (χ4v) is 3.28. The maximum absolute atomic E-state index is 6.04. The molecule has 1 fully saturated rings. The Morgan fingerprint density at radius 2 is 1.97 bits per heavy atom. The van der Waals surface area contributed by atoms with Gasteiger partial charge >= 0.3 is 0 Å². The van der Waals surface area contributed by atoms with Gasteiger partial charge in [0.15, 0.2) is 5.96 Å². The van der Waals surface area contributed by atoms with Gasteiger partial charge in [0.25, 0.3) is 0 Å². The van der Waals surface area contributed by atoms with E-state index in [1.165, 1.54) is 5.56 Å². The Balaban J connectivity index is 1.53. The Labute approximate surface area is 185 Å². The summed E-state index contributed by atoms with van der Waals surface area (Å²) in [5.74, 6) is 2.27. The molecule has 7 heteroatoms. The van der Waals surface area contributed by atoms with E-state index < -0.39 is 0 Å². The van der Waals surface area contributed by atoms with Crippen LogP contribution in [0.2, 0.25) is 0 Å². The molecule has 1 aliphatic heterocycles.